The maximum absolute atomic E-state index is 12.7. The lowest BCUT2D eigenvalue weighted by molar-refractivity contribution is 0.0746. The Morgan fingerprint density at radius 3 is 2.37 bits per heavy atom. The van der Waals surface area contributed by atoms with Gasteiger partial charge in [-0.05, 0) is 18.2 Å². The van der Waals surface area contributed by atoms with E-state index in [1.165, 1.54) is 23.7 Å². The second-order valence-electron chi connectivity index (χ2n) is 7.73. The molecule has 1 saturated heterocycles. The Morgan fingerprint density at radius 2 is 1.81 bits per heavy atom. The van der Waals surface area contributed by atoms with Crippen molar-refractivity contribution in [1.29, 1.82) is 0 Å². The molecule has 1 fully saturated rings. The number of piperazine rings is 1. The molecule has 0 spiro atoms. The van der Waals surface area contributed by atoms with Crippen molar-refractivity contribution in [3.63, 3.8) is 0 Å². The monoisotopic (exact) mass is 408 g/mol. The highest BCUT2D eigenvalue weighted by Crippen LogP contribution is 2.26. The first-order valence-corrected chi connectivity index (χ1v) is 11.4. The number of aromatic nitrogens is 2. The van der Waals surface area contributed by atoms with Crippen LogP contribution >= 0.6 is 11.5 Å². The average molecular weight is 409 g/mol. The summed E-state index contributed by atoms with van der Waals surface area (Å²) in [5.74, 6) is 0.686. The highest BCUT2D eigenvalue weighted by atomic mass is 32.2. The summed E-state index contributed by atoms with van der Waals surface area (Å²) in [4.78, 5) is 21.4. The van der Waals surface area contributed by atoms with Crippen molar-refractivity contribution < 1.29 is 13.2 Å². The minimum Gasteiger partial charge on any atom is -0.343 e. The number of carbonyl (C=O) groups is 1. The number of hydrogen-bond donors (Lipinski definition) is 0. The fraction of sp³-hybridized carbons (Fsp3) is 0.500. The van der Waals surface area contributed by atoms with Gasteiger partial charge in [-0.3, -0.25) is 4.79 Å². The van der Waals surface area contributed by atoms with E-state index in [1.54, 1.807) is 17.0 Å². The van der Waals surface area contributed by atoms with Crippen LogP contribution in [0.1, 0.15) is 37.0 Å². The molecule has 0 N–H and O–H groups in total. The van der Waals surface area contributed by atoms with E-state index < -0.39 is 9.84 Å². The number of carbonyl (C=O) groups excluding carboxylic acids is 1. The summed E-state index contributed by atoms with van der Waals surface area (Å²) in [6.45, 7) is 8.73. The molecular weight excluding hydrogens is 384 g/mol. The topological polar surface area (TPSA) is 83.5 Å². The predicted molar refractivity (Wildman–Crippen MR) is 106 cm³/mol. The Hall–Kier alpha value is -2.00. The molecule has 0 bridgehead atoms. The Balaban J connectivity index is 1.67. The van der Waals surface area contributed by atoms with Crippen molar-refractivity contribution in [2.75, 3.05) is 37.3 Å². The molecule has 0 saturated carbocycles. The number of rotatable bonds is 3. The zero-order chi connectivity index (χ0) is 19.8. The third-order valence-corrected chi connectivity index (χ3v) is 6.32. The van der Waals surface area contributed by atoms with Crippen LogP contribution in [0.2, 0.25) is 0 Å². The lowest BCUT2D eigenvalue weighted by Gasteiger charge is -2.34. The third-order valence-electron chi connectivity index (χ3n) is 4.43. The van der Waals surface area contributed by atoms with Gasteiger partial charge in [-0.2, -0.15) is 4.37 Å². The number of anilines is 1. The summed E-state index contributed by atoms with van der Waals surface area (Å²) >= 11 is 1.39. The van der Waals surface area contributed by atoms with E-state index in [0.717, 1.165) is 17.2 Å². The van der Waals surface area contributed by atoms with E-state index in [0.29, 0.717) is 31.7 Å². The number of hydrogen-bond acceptors (Lipinski definition) is 7. The molecule has 0 unspecified atom stereocenters. The summed E-state index contributed by atoms with van der Waals surface area (Å²) < 4.78 is 27.9. The van der Waals surface area contributed by atoms with Crippen LogP contribution in [-0.4, -0.2) is 61.0 Å². The number of amides is 1. The summed E-state index contributed by atoms with van der Waals surface area (Å²) in [7, 11) is -3.34. The highest BCUT2D eigenvalue weighted by Gasteiger charge is 2.26. The van der Waals surface area contributed by atoms with Gasteiger partial charge in [0.15, 0.2) is 9.84 Å². The lowest BCUT2D eigenvalue weighted by atomic mass is 9.96. The summed E-state index contributed by atoms with van der Waals surface area (Å²) in [5.41, 5.74) is 0.314. The van der Waals surface area contributed by atoms with Crippen molar-refractivity contribution in [2.24, 2.45) is 0 Å². The summed E-state index contributed by atoms with van der Waals surface area (Å²) in [6.07, 6.45) is 1.14. The molecule has 0 atom stereocenters. The molecule has 27 heavy (non-hydrogen) atoms. The lowest BCUT2D eigenvalue weighted by Crippen LogP contribution is -2.48. The fourth-order valence-corrected chi connectivity index (χ4v) is 4.37. The third kappa shape index (κ3) is 4.47. The fourth-order valence-electron chi connectivity index (χ4n) is 2.79. The van der Waals surface area contributed by atoms with Crippen LogP contribution < -0.4 is 4.90 Å². The minimum absolute atomic E-state index is 0.0861. The molecule has 1 aliphatic heterocycles. The largest absolute Gasteiger partial charge is 0.343 e. The van der Waals surface area contributed by atoms with E-state index in [1.807, 2.05) is 0 Å². The van der Waals surface area contributed by atoms with Gasteiger partial charge in [0.2, 0.25) is 5.13 Å². The van der Waals surface area contributed by atoms with Crippen molar-refractivity contribution in [2.45, 2.75) is 31.1 Å². The minimum atomic E-state index is -3.34. The Morgan fingerprint density at radius 1 is 1.15 bits per heavy atom. The van der Waals surface area contributed by atoms with Gasteiger partial charge < -0.3 is 9.80 Å². The SMILES string of the molecule is CC(C)(C)c1nsc(N2CCN(C(=O)c3cccc(S(C)(=O)=O)c3)CC2)n1. The smallest absolute Gasteiger partial charge is 0.254 e. The molecule has 1 aliphatic rings. The second-order valence-corrected chi connectivity index (χ2v) is 10.5. The first-order valence-electron chi connectivity index (χ1n) is 8.74. The summed E-state index contributed by atoms with van der Waals surface area (Å²) in [5, 5.41) is 0.881. The van der Waals surface area contributed by atoms with Crippen LogP contribution in [0.25, 0.3) is 0 Å². The van der Waals surface area contributed by atoms with Crippen molar-refractivity contribution in [3.05, 3.63) is 35.7 Å². The Bertz CT molecular complexity index is 940. The van der Waals surface area contributed by atoms with E-state index in [4.69, 9.17) is 0 Å². The molecule has 2 aromatic rings. The molecule has 1 aromatic heterocycles. The van der Waals surface area contributed by atoms with E-state index in [9.17, 15) is 13.2 Å². The van der Waals surface area contributed by atoms with E-state index in [2.05, 4.69) is 35.0 Å². The molecule has 0 aliphatic carbocycles. The van der Waals surface area contributed by atoms with Gasteiger partial charge in [0.25, 0.3) is 5.91 Å². The van der Waals surface area contributed by atoms with Crippen molar-refractivity contribution >= 4 is 32.4 Å². The molecule has 3 rings (SSSR count). The zero-order valence-electron chi connectivity index (χ0n) is 16.0. The first kappa shape index (κ1) is 19.8. The predicted octanol–water partition coefficient (Wildman–Crippen LogP) is 2.20. The van der Waals surface area contributed by atoms with Gasteiger partial charge in [0, 0.05) is 54.9 Å². The van der Waals surface area contributed by atoms with Gasteiger partial charge in [0.1, 0.15) is 5.82 Å². The van der Waals surface area contributed by atoms with Gasteiger partial charge in [0.05, 0.1) is 4.90 Å². The van der Waals surface area contributed by atoms with Crippen LogP contribution in [-0.2, 0) is 15.3 Å². The average Bonchev–Trinajstić information content (AvgIpc) is 3.11. The van der Waals surface area contributed by atoms with Crippen molar-refractivity contribution in [1.82, 2.24) is 14.3 Å². The molecule has 0 radical (unpaired) electrons. The Labute approximate surface area is 164 Å². The van der Waals surface area contributed by atoms with Crippen LogP contribution in [0, 0.1) is 0 Å². The van der Waals surface area contributed by atoms with Crippen LogP contribution in [0.5, 0.6) is 0 Å². The van der Waals surface area contributed by atoms with Gasteiger partial charge >= 0.3 is 0 Å². The Kier molecular flexibility index (Phi) is 5.27. The van der Waals surface area contributed by atoms with Crippen LogP contribution in [0.4, 0.5) is 5.13 Å². The number of sulfone groups is 1. The molecule has 1 amide bonds. The van der Waals surface area contributed by atoms with Gasteiger partial charge in [-0.25, -0.2) is 13.4 Å². The highest BCUT2D eigenvalue weighted by molar-refractivity contribution is 7.90. The maximum atomic E-state index is 12.7. The van der Waals surface area contributed by atoms with Crippen LogP contribution in [0.15, 0.2) is 29.2 Å². The molecule has 9 heteroatoms. The first-order chi connectivity index (χ1) is 12.6. The molecule has 146 valence electrons. The quantitative estimate of drug-likeness (QED) is 0.774. The normalized spacial score (nSPS) is 15.9. The van der Waals surface area contributed by atoms with Gasteiger partial charge in [-0.15, -0.1) is 0 Å². The van der Waals surface area contributed by atoms with Crippen molar-refractivity contribution in [3.8, 4) is 0 Å². The standard InChI is InChI=1S/C18H24N4O3S2/c1-18(2,3)16-19-17(26-20-16)22-10-8-21(9-11-22)15(23)13-6-5-7-14(12-13)27(4,24)25/h5-7,12H,8-11H2,1-4H3. The number of nitrogens with zero attached hydrogens (tertiary/aromatic N) is 4. The van der Waals surface area contributed by atoms with Gasteiger partial charge in [-0.1, -0.05) is 26.8 Å². The molecular formula is C18H24N4O3S2. The van der Waals surface area contributed by atoms with Crippen LogP contribution in [0.3, 0.4) is 0 Å². The maximum Gasteiger partial charge on any atom is 0.254 e. The summed E-state index contributed by atoms with van der Waals surface area (Å²) in [6, 6.07) is 6.22. The molecule has 2 heterocycles. The van der Waals surface area contributed by atoms with E-state index >= 15 is 0 Å². The molecule has 1 aromatic carbocycles. The zero-order valence-corrected chi connectivity index (χ0v) is 17.6. The number of benzene rings is 1. The molecule has 7 nitrogen and oxygen atoms in total. The van der Waals surface area contributed by atoms with E-state index in [-0.39, 0.29) is 16.2 Å². The second kappa shape index (κ2) is 7.20.